The van der Waals surface area contributed by atoms with E-state index in [0.29, 0.717) is 12.8 Å². The molecule has 0 heterocycles. The van der Waals surface area contributed by atoms with Crippen LogP contribution in [0.15, 0.2) is 18.2 Å². The van der Waals surface area contributed by atoms with E-state index in [0.717, 1.165) is 5.56 Å². The van der Waals surface area contributed by atoms with Crippen molar-refractivity contribution < 1.29 is 12.8 Å². The van der Waals surface area contributed by atoms with E-state index >= 15 is 0 Å². The molecule has 0 amide bonds. The van der Waals surface area contributed by atoms with Gasteiger partial charge >= 0.3 is 0 Å². The van der Waals surface area contributed by atoms with Crippen LogP contribution in [0, 0.1) is 5.82 Å². The molecule has 0 radical (unpaired) electrons. The summed E-state index contributed by atoms with van der Waals surface area (Å²) < 4.78 is 35.0. The average molecular weight is 295 g/mol. The van der Waals surface area contributed by atoms with E-state index in [2.05, 4.69) is 5.43 Å². The molecule has 0 bridgehead atoms. The topological polar surface area (TPSA) is 72.2 Å². The maximum atomic E-state index is 13.0. The Kier molecular flexibility index (Phi) is 5.52. The van der Waals surface area contributed by atoms with Crippen LogP contribution >= 0.6 is 11.6 Å². The Morgan fingerprint density at radius 3 is 2.67 bits per heavy atom. The molecule has 1 rings (SSSR count). The van der Waals surface area contributed by atoms with Crippen LogP contribution in [0.25, 0.3) is 0 Å². The summed E-state index contributed by atoms with van der Waals surface area (Å²) >= 11 is 5.68. The first-order valence-electron chi connectivity index (χ1n) is 5.42. The molecule has 0 aromatic heterocycles. The van der Waals surface area contributed by atoms with Gasteiger partial charge in [0.2, 0.25) is 0 Å². The molecule has 0 aliphatic rings. The van der Waals surface area contributed by atoms with Crippen molar-refractivity contribution in [1.29, 1.82) is 0 Å². The number of benzene rings is 1. The van der Waals surface area contributed by atoms with Gasteiger partial charge in [0.05, 0.1) is 5.02 Å². The van der Waals surface area contributed by atoms with Crippen LogP contribution in [-0.2, 0) is 9.84 Å². The van der Waals surface area contributed by atoms with Crippen LogP contribution in [0.5, 0.6) is 0 Å². The van der Waals surface area contributed by atoms with Gasteiger partial charge in [0.1, 0.15) is 15.7 Å². The normalized spacial score (nSPS) is 13.6. The van der Waals surface area contributed by atoms with Gasteiger partial charge in [-0.3, -0.25) is 11.3 Å². The molecule has 1 unspecified atom stereocenters. The molecule has 1 aromatic carbocycles. The number of nitrogens with one attached hydrogen (secondary N) is 1. The molecule has 3 N–H and O–H groups in total. The Bertz CT molecular complexity index is 508. The summed E-state index contributed by atoms with van der Waals surface area (Å²) in [5.41, 5.74) is 3.31. The van der Waals surface area contributed by atoms with Crippen molar-refractivity contribution >= 4 is 21.4 Å². The number of hydrazine groups is 1. The minimum Gasteiger partial charge on any atom is -0.271 e. The molecule has 1 atom stereocenters. The highest BCUT2D eigenvalue weighted by molar-refractivity contribution is 7.90. The van der Waals surface area contributed by atoms with Crippen molar-refractivity contribution in [2.45, 2.75) is 18.9 Å². The molecule has 0 saturated carbocycles. The van der Waals surface area contributed by atoms with Crippen molar-refractivity contribution in [3.05, 3.63) is 34.6 Å². The fraction of sp³-hybridized carbons (Fsp3) is 0.455. The fourth-order valence-corrected chi connectivity index (χ4v) is 2.51. The lowest BCUT2D eigenvalue weighted by Crippen LogP contribution is -2.28. The fourth-order valence-electron chi connectivity index (χ4n) is 1.62. The number of hydrogen-bond acceptors (Lipinski definition) is 4. The zero-order valence-electron chi connectivity index (χ0n) is 9.99. The molecule has 1 aromatic rings. The molecule has 0 aliphatic heterocycles. The van der Waals surface area contributed by atoms with E-state index in [-0.39, 0.29) is 16.8 Å². The van der Waals surface area contributed by atoms with Gasteiger partial charge in [-0.25, -0.2) is 12.8 Å². The highest BCUT2D eigenvalue weighted by Crippen LogP contribution is 2.23. The molecule has 0 fully saturated rings. The third-order valence-corrected chi connectivity index (χ3v) is 3.88. The van der Waals surface area contributed by atoms with Gasteiger partial charge < -0.3 is 0 Å². The summed E-state index contributed by atoms with van der Waals surface area (Å²) in [5, 5.41) is 0.0239. The minimum absolute atomic E-state index is 0.0239. The monoisotopic (exact) mass is 294 g/mol. The molecule has 0 saturated heterocycles. The molecule has 7 heteroatoms. The van der Waals surface area contributed by atoms with Crippen molar-refractivity contribution in [3.8, 4) is 0 Å². The number of rotatable bonds is 6. The SMILES string of the molecule is CS(=O)(=O)CCCC(NN)c1ccc(F)c(Cl)c1. The largest absolute Gasteiger partial charge is 0.271 e. The van der Waals surface area contributed by atoms with E-state index in [1.807, 2.05) is 0 Å². The number of nitrogens with two attached hydrogens (primary N) is 1. The summed E-state index contributed by atoms with van der Waals surface area (Å²) in [4.78, 5) is 0. The summed E-state index contributed by atoms with van der Waals surface area (Å²) in [6.07, 6.45) is 2.20. The molecule has 4 nitrogen and oxygen atoms in total. The lowest BCUT2D eigenvalue weighted by Gasteiger charge is -2.16. The number of hydrogen-bond donors (Lipinski definition) is 2. The van der Waals surface area contributed by atoms with Gasteiger partial charge in [-0.2, -0.15) is 0 Å². The molecule has 0 spiro atoms. The highest BCUT2D eigenvalue weighted by Gasteiger charge is 2.13. The maximum absolute atomic E-state index is 13.0. The second-order valence-electron chi connectivity index (χ2n) is 4.16. The van der Waals surface area contributed by atoms with E-state index in [1.165, 1.54) is 18.4 Å². The summed E-state index contributed by atoms with van der Waals surface area (Å²) in [6, 6.07) is 4.08. The van der Waals surface area contributed by atoms with E-state index in [9.17, 15) is 12.8 Å². The van der Waals surface area contributed by atoms with Gasteiger partial charge in [0, 0.05) is 18.1 Å². The quantitative estimate of drug-likeness (QED) is 0.620. The lowest BCUT2D eigenvalue weighted by atomic mass is 10.0. The molecular weight excluding hydrogens is 279 g/mol. The zero-order chi connectivity index (χ0) is 13.8. The summed E-state index contributed by atoms with van der Waals surface area (Å²) in [5.74, 6) is 5.01. The first-order chi connectivity index (χ1) is 8.33. The van der Waals surface area contributed by atoms with Crippen LogP contribution in [0.1, 0.15) is 24.4 Å². The van der Waals surface area contributed by atoms with Crippen molar-refractivity contribution in [1.82, 2.24) is 5.43 Å². The van der Waals surface area contributed by atoms with E-state index < -0.39 is 15.7 Å². The van der Waals surface area contributed by atoms with Gasteiger partial charge in [0.25, 0.3) is 0 Å². The highest BCUT2D eigenvalue weighted by atomic mass is 35.5. The maximum Gasteiger partial charge on any atom is 0.147 e. The summed E-state index contributed by atoms with van der Waals surface area (Å²) in [7, 11) is -2.98. The predicted octanol–water partition coefficient (Wildman–Crippen LogP) is 1.81. The molecule has 102 valence electrons. The minimum atomic E-state index is -2.98. The number of halogens is 2. The van der Waals surface area contributed by atoms with Crippen LogP contribution in [0.3, 0.4) is 0 Å². The number of sulfone groups is 1. The van der Waals surface area contributed by atoms with Crippen LogP contribution in [-0.4, -0.2) is 20.4 Å². The average Bonchev–Trinajstić information content (AvgIpc) is 2.27. The van der Waals surface area contributed by atoms with Crippen molar-refractivity contribution in [2.24, 2.45) is 5.84 Å². The van der Waals surface area contributed by atoms with Gasteiger partial charge in [-0.15, -0.1) is 0 Å². The second kappa shape index (κ2) is 6.47. The predicted molar refractivity (Wildman–Crippen MR) is 70.4 cm³/mol. The lowest BCUT2D eigenvalue weighted by molar-refractivity contribution is 0.506. The van der Waals surface area contributed by atoms with Crippen LogP contribution in [0.2, 0.25) is 5.02 Å². The van der Waals surface area contributed by atoms with Crippen molar-refractivity contribution in [3.63, 3.8) is 0 Å². The third-order valence-electron chi connectivity index (χ3n) is 2.56. The van der Waals surface area contributed by atoms with Gasteiger partial charge in [0.15, 0.2) is 0 Å². The van der Waals surface area contributed by atoms with Gasteiger partial charge in [-0.05, 0) is 30.5 Å². The van der Waals surface area contributed by atoms with Crippen LogP contribution in [0.4, 0.5) is 4.39 Å². The van der Waals surface area contributed by atoms with Crippen molar-refractivity contribution in [2.75, 3.05) is 12.0 Å². The third kappa shape index (κ3) is 4.89. The zero-order valence-corrected chi connectivity index (χ0v) is 11.6. The van der Waals surface area contributed by atoms with Crippen LogP contribution < -0.4 is 11.3 Å². The standard InChI is InChI=1S/C11H16ClFN2O2S/c1-18(16,17)6-2-3-11(15-14)8-4-5-10(13)9(12)7-8/h4-5,7,11,15H,2-3,6,14H2,1H3. The Balaban J connectivity index is 2.68. The van der Waals surface area contributed by atoms with Gasteiger partial charge in [-0.1, -0.05) is 17.7 Å². The Morgan fingerprint density at radius 2 is 2.17 bits per heavy atom. The first-order valence-corrected chi connectivity index (χ1v) is 7.86. The molecular formula is C11H16ClFN2O2S. The summed E-state index contributed by atoms with van der Waals surface area (Å²) in [6.45, 7) is 0. The smallest absolute Gasteiger partial charge is 0.147 e. The Morgan fingerprint density at radius 1 is 1.50 bits per heavy atom. The second-order valence-corrected chi connectivity index (χ2v) is 6.83. The molecule has 0 aliphatic carbocycles. The van der Waals surface area contributed by atoms with E-state index in [4.69, 9.17) is 17.4 Å². The first kappa shape index (κ1) is 15.4. The molecule has 18 heavy (non-hydrogen) atoms. The van der Waals surface area contributed by atoms with E-state index in [1.54, 1.807) is 6.07 Å². The Labute approximate surface area is 111 Å². The Hall–Kier alpha value is -0.690.